The van der Waals surface area contributed by atoms with Gasteiger partial charge in [-0.3, -0.25) is 4.79 Å². The normalized spacial score (nSPS) is 12.8. The van der Waals surface area contributed by atoms with Gasteiger partial charge in [0.1, 0.15) is 0 Å². The van der Waals surface area contributed by atoms with Gasteiger partial charge in [-0.1, -0.05) is 47.1 Å². The van der Waals surface area contributed by atoms with Crippen molar-refractivity contribution in [2.45, 2.75) is 31.5 Å². The number of nitrogens with one attached hydrogen (secondary N) is 1. The molecule has 0 aliphatic carbocycles. The molecule has 0 fully saturated rings. The summed E-state index contributed by atoms with van der Waals surface area (Å²) >= 11 is 4.79. The Balaban J connectivity index is 2.37. The first-order chi connectivity index (χ1) is 7.69. The van der Waals surface area contributed by atoms with E-state index >= 15 is 0 Å². The van der Waals surface area contributed by atoms with Crippen LogP contribution in [0.25, 0.3) is 0 Å². The molecule has 1 atom stereocenters. The zero-order valence-electron chi connectivity index (χ0n) is 9.44. The fourth-order valence-electron chi connectivity index (χ4n) is 1.51. The molecule has 0 saturated carbocycles. The molecule has 16 heavy (non-hydrogen) atoms. The van der Waals surface area contributed by atoms with Gasteiger partial charge < -0.3 is 5.32 Å². The summed E-state index contributed by atoms with van der Waals surface area (Å²) in [5.41, 5.74) is 0.397. The molecule has 1 rings (SSSR count). The van der Waals surface area contributed by atoms with Crippen LogP contribution in [0.4, 0.5) is 0 Å². The van der Waals surface area contributed by atoms with Gasteiger partial charge in [0.25, 0.3) is 5.91 Å². The molecule has 1 aromatic heterocycles. The molecule has 0 radical (unpaired) electrons. The smallest absolute Gasteiger partial charge is 0.272 e. The molecular weight excluding hydrogens is 290 g/mol. The quantitative estimate of drug-likeness (QED) is 0.821. The number of nitrogens with zero attached hydrogens (tertiary/aromatic N) is 2. The summed E-state index contributed by atoms with van der Waals surface area (Å²) < 4.78 is 3.66. The van der Waals surface area contributed by atoms with Crippen molar-refractivity contribution in [1.29, 1.82) is 0 Å². The number of halogens is 1. The molecule has 6 heteroatoms. The van der Waals surface area contributed by atoms with E-state index in [9.17, 15) is 4.79 Å². The molecule has 90 valence electrons. The Bertz CT molecular complexity index is 314. The number of carbonyl (C=O) groups excluding carboxylic acids is 1. The maximum atomic E-state index is 11.6. The third-order valence-electron chi connectivity index (χ3n) is 2.61. The van der Waals surface area contributed by atoms with E-state index in [1.807, 2.05) is 0 Å². The maximum absolute atomic E-state index is 11.6. The molecular formula is C10H16BrN3OS. The monoisotopic (exact) mass is 305 g/mol. The van der Waals surface area contributed by atoms with Crippen LogP contribution in [0, 0.1) is 5.92 Å². The van der Waals surface area contributed by atoms with Crippen LogP contribution in [0.1, 0.15) is 37.2 Å². The second-order valence-corrected chi connectivity index (χ2v) is 5.38. The molecule has 0 aliphatic rings. The predicted octanol–water partition coefficient (Wildman–Crippen LogP) is 2.47. The van der Waals surface area contributed by atoms with Crippen molar-refractivity contribution in [3.8, 4) is 0 Å². The van der Waals surface area contributed by atoms with Gasteiger partial charge in [0.15, 0.2) is 5.69 Å². The van der Waals surface area contributed by atoms with E-state index in [1.165, 1.54) is 11.5 Å². The van der Waals surface area contributed by atoms with Crippen molar-refractivity contribution in [2.24, 2.45) is 5.92 Å². The first-order valence-electron chi connectivity index (χ1n) is 5.38. The zero-order valence-corrected chi connectivity index (χ0v) is 11.8. The van der Waals surface area contributed by atoms with Gasteiger partial charge >= 0.3 is 0 Å². The van der Waals surface area contributed by atoms with Crippen molar-refractivity contribution in [3.63, 3.8) is 0 Å². The number of amides is 1. The van der Waals surface area contributed by atoms with E-state index in [1.54, 1.807) is 5.38 Å². The minimum Gasteiger partial charge on any atom is -0.349 e. The Morgan fingerprint density at radius 3 is 2.75 bits per heavy atom. The van der Waals surface area contributed by atoms with Crippen molar-refractivity contribution in [1.82, 2.24) is 14.9 Å². The summed E-state index contributed by atoms with van der Waals surface area (Å²) in [6.07, 6.45) is 2.22. The Kier molecular flexibility index (Phi) is 5.90. The highest BCUT2D eigenvalue weighted by molar-refractivity contribution is 9.09. The van der Waals surface area contributed by atoms with E-state index in [-0.39, 0.29) is 5.91 Å². The number of carbonyl (C=O) groups is 1. The third-order valence-corrected chi connectivity index (χ3v) is 4.19. The standard InChI is InChI=1S/C10H16BrN3OS/c1-3-7(4-2)8(11)5-12-10(15)9-6-16-14-13-9/h6-8H,3-5H2,1-2H3,(H,12,15). The van der Waals surface area contributed by atoms with Gasteiger partial charge in [-0.25, -0.2) is 0 Å². The molecule has 1 unspecified atom stereocenters. The highest BCUT2D eigenvalue weighted by Gasteiger charge is 2.17. The van der Waals surface area contributed by atoms with Crippen molar-refractivity contribution in [2.75, 3.05) is 6.54 Å². The summed E-state index contributed by atoms with van der Waals surface area (Å²) in [4.78, 5) is 11.9. The fraction of sp³-hybridized carbons (Fsp3) is 0.700. The van der Waals surface area contributed by atoms with Crippen LogP contribution in [0.5, 0.6) is 0 Å². The zero-order chi connectivity index (χ0) is 12.0. The van der Waals surface area contributed by atoms with Gasteiger partial charge in [0, 0.05) is 16.8 Å². The van der Waals surface area contributed by atoms with Crippen LogP contribution in [-0.2, 0) is 0 Å². The van der Waals surface area contributed by atoms with Gasteiger partial charge in [-0.15, -0.1) is 5.10 Å². The molecule has 1 amide bonds. The summed E-state index contributed by atoms with van der Waals surface area (Å²) in [6, 6.07) is 0. The summed E-state index contributed by atoms with van der Waals surface area (Å²) in [7, 11) is 0. The fourth-order valence-corrected chi connectivity index (χ4v) is 2.86. The van der Waals surface area contributed by atoms with E-state index in [2.05, 4.69) is 44.7 Å². The SMILES string of the molecule is CCC(CC)C(Br)CNC(=O)c1csnn1. The molecule has 1 N–H and O–H groups in total. The van der Waals surface area contributed by atoms with E-state index < -0.39 is 0 Å². The van der Waals surface area contributed by atoms with Crippen molar-refractivity contribution < 1.29 is 4.79 Å². The van der Waals surface area contributed by atoms with Crippen LogP contribution in [0.2, 0.25) is 0 Å². The Labute approximate surface area is 108 Å². The van der Waals surface area contributed by atoms with E-state index in [0.29, 0.717) is 23.0 Å². The van der Waals surface area contributed by atoms with Gasteiger partial charge in [-0.2, -0.15) is 0 Å². The van der Waals surface area contributed by atoms with Crippen LogP contribution in [0.15, 0.2) is 5.38 Å². The highest BCUT2D eigenvalue weighted by Crippen LogP contribution is 2.19. The highest BCUT2D eigenvalue weighted by atomic mass is 79.9. The van der Waals surface area contributed by atoms with Crippen molar-refractivity contribution in [3.05, 3.63) is 11.1 Å². The first kappa shape index (κ1) is 13.6. The first-order valence-corrected chi connectivity index (χ1v) is 7.13. The Hall–Kier alpha value is -0.490. The molecule has 1 aromatic rings. The summed E-state index contributed by atoms with van der Waals surface area (Å²) in [5, 5.41) is 8.22. The summed E-state index contributed by atoms with van der Waals surface area (Å²) in [6.45, 7) is 4.95. The van der Waals surface area contributed by atoms with Gasteiger partial charge in [-0.05, 0) is 17.5 Å². The molecule has 0 aromatic carbocycles. The molecule has 4 nitrogen and oxygen atoms in total. The lowest BCUT2D eigenvalue weighted by Gasteiger charge is -2.19. The van der Waals surface area contributed by atoms with Crippen LogP contribution < -0.4 is 5.32 Å². The van der Waals surface area contributed by atoms with Crippen molar-refractivity contribution >= 4 is 33.4 Å². The lowest BCUT2D eigenvalue weighted by molar-refractivity contribution is 0.0947. The predicted molar refractivity (Wildman–Crippen MR) is 69.0 cm³/mol. The van der Waals surface area contributed by atoms with Gasteiger partial charge in [0.2, 0.25) is 0 Å². The Morgan fingerprint density at radius 1 is 1.56 bits per heavy atom. The van der Waals surface area contributed by atoms with Gasteiger partial charge in [0.05, 0.1) is 0 Å². The molecule has 0 bridgehead atoms. The van der Waals surface area contributed by atoms with E-state index in [4.69, 9.17) is 0 Å². The summed E-state index contributed by atoms with van der Waals surface area (Å²) in [5.74, 6) is 0.443. The topological polar surface area (TPSA) is 54.9 Å². The van der Waals surface area contributed by atoms with Crippen LogP contribution >= 0.6 is 27.5 Å². The lowest BCUT2D eigenvalue weighted by atomic mass is 9.99. The largest absolute Gasteiger partial charge is 0.349 e. The average molecular weight is 306 g/mol. The second-order valence-electron chi connectivity index (χ2n) is 3.59. The molecule has 1 heterocycles. The maximum Gasteiger partial charge on any atom is 0.272 e. The second kappa shape index (κ2) is 6.96. The lowest BCUT2D eigenvalue weighted by Crippen LogP contribution is -2.33. The van der Waals surface area contributed by atoms with Crippen LogP contribution in [-0.4, -0.2) is 26.9 Å². The number of hydrogen-bond acceptors (Lipinski definition) is 4. The molecule has 0 aliphatic heterocycles. The molecule has 0 spiro atoms. The average Bonchev–Trinajstić information content (AvgIpc) is 2.81. The third kappa shape index (κ3) is 3.83. The molecule has 0 saturated heterocycles. The minimum absolute atomic E-state index is 0.149. The minimum atomic E-state index is -0.149. The number of rotatable bonds is 6. The Morgan fingerprint density at radius 2 is 2.25 bits per heavy atom. The van der Waals surface area contributed by atoms with Crippen LogP contribution in [0.3, 0.4) is 0 Å². The number of hydrogen-bond donors (Lipinski definition) is 1. The van der Waals surface area contributed by atoms with E-state index in [0.717, 1.165) is 12.8 Å². The number of aromatic nitrogens is 2. The number of alkyl halides is 1.